The van der Waals surface area contributed by atoms with Gasteiger partial charge in [-0.1, -0.05) is 19.0 Å². The topological polar surface area (TPSA) is 60.2 Å². The highest BCUT2D eigenvalue weighted by atomic mass is 16.5. The molecule has 15 heavy (non-hydrogen) atoms. The fourth-order valence-electron chi connectivity index (χ4n) is 1.07. The molecule has 5 heteroatoms. The molecule has 0 fully saturated rings. The molecule has 1 unspecified atom stereocenters. The molecule has 1 heterocycles. The number of rotatable bonds is 6. The molecule has 0 aliphatic carbocycles. The third kappa shape index (κ3) is 3.97. The van der Waals surface area contributed by atoms with Crippen LogP contribution >= 0.6 is 0 Å². The molecule has 0 bridgehead atoms. The van der Waals surface area contributed by atoms with Crippen LogP contribution in [-0.4, -0.2) is 23.8 Å². The highest BCUT2D eigenvalue weighted by Gasteiger charge is 2.14. The average molecular weight is 213 g/mol. The molecule has 1 rings (SSSR count). The van der Waals surface area contributed by atoms with Crippen LogP contribution in [0.25, 0.3) is 0 Å². The summed E-state index contributed by atoms with van der Waals surface area (Å²) in [4.78, 5) is 4.21. The van der Waals surface area contributed by atoms with Crippen molar-refractivity contribution in [3.8, 4) is 0 Å². The normalized spacial score (nSPS) is 13.4. The Morgan fingerprint density at radius 2 is 2.13 bits per heavy atom. The largest absolute Gasteiger partial charge is 0.370 e. The van der Waals surface area contributed by atoms with Crippen LogP contribution in [0.15, 0.2) is 4.52 Å². The van der Waals surface area contributed by atoms with Gasteiger partial charge in [0.15, 0.2) is 5.82 Å². The zero-order chi connectivity index (χ0) is 11.3. The lowest BCUT2D eigenvalue weighted by molar-refractivity contribution is 0.0402. The van der Waals surface area contributed by atoms with Crippen molar-refractivity contribution in [2.24, 2.45) is 5.92 Å². The van der Waals surface area contributed by atoms with Crippen molar-refractivity contribution in [3.63, 3.8) is 0 Å². The van der Waals surface area contributed by atoms with E-state index in [1.165, 1.54) is 0 Å². The van der Waals surface area contributed by atoms with Crippen molar-refractivity contribution in [2.45, 2.75) is 33.4 Å². The highest BCUT2D eigenvalue weighted by molar-refractivity contribution is 4.89. The van der Waals surface area contributed by atoms with Crippen LogP contribution in [-0.2, 0) is 11.3 Å². The predicted molar refractivity (Wildman–Crippen MR) is 56.3 cm³/mol. The number of ether oxygens (including phenoxy) is 1. The lowest BCUT2D eigenvalue weighted by Gasteiger charge is -2.10. The van der Waals surface area contributed by atoms with Crippen molar-refractivity contribution in [1.29, 1.82) is 0 Å². The second-order valence-electron chi connectivity index (χ2n) is 3.95. The number of hydrogen-bond acceptors (Lipinski definition) is 5. The fourth-order valence-corrected chi connectivity index (χ4v) is 1.07. The SMILES string of the molecule is CNCc1nc(C(C)OCC(C)C)no1. The molecule has 1 aromatic rings. The van der Waals surface area contributed by atoms with Crippen molar-refractivity contribution < 1.29 is 9.26 Å². The van der Waals surface area contributed by atoms with E-state index >= 15 is 0 Å². The van der Waals surface area contributed by atoms with Crippen LogP contribution in [0.5, 0.6) is 0 Å². The second kappa shape index (κ2) is 5.82. The maximum Gasteiger partial charge on any atom is 0.240 e. The van der Waals surface area contributed by atoms with E-state index in [4.69, 9.17) is 9.26 Å². The van der Waals surface area contributed by atoms with Crippen LogP contribution in [0.2, 0.25) is 0 Å². The van der Waals surface area contributed by atoms with Crippen molar-refractivity contribution in [3.05, 3.63) is 11.7 Å². The highest BCUT2D eigenvalue weighted by Crippen LogP contribution is 2.14. The summed E-state index contributed by atoms with van der Waals surface area (Å²) in [6, 6.07) is 0. The minimum absolute atomic E-state index is 0.109. The zero-order valence-corrected chi connectivity index (χ0v) is 9.78. The third-order valence-electron chi connectivity index (χ3n) is 1.85. The molecule has 0 saturated heterocycles. The van der Waals surface area contributed by atoms with E-state index in [1.54, 1.807) is 0 Å². The van der Waals surface area contributed by atoms with E-state index in [9.17, 15) is 0 Å². The summed E-state index contributed by atoms with van der Waals surface area (Å²) >= 11 is 0. The Balaban J connectivity index is 2.46. The standard InChI is InChI=1S/C10H19N3O2/c1-7(2)6-14-8(3)10-12-9(5-11-4)15-13-10/h7-8,11H,5-6H2,1-4H3. The van der Waals surface area contributed by atoms with Crippen LogP contribution < -0.4 is 5.32 Å². The number of aromatic nitrogens is 2. The molecule has 5 nitrogen and oxygen atoms in total. The minimum Gasteiger partial charge on any atom is -0.370 e. The Kier molecular flexibility index (Phi) is 4.71. The molecular formula is C10H19N3O2. The molecule has 0 saturated carbocycles. The smallest absolute Gasteiger partial charge is 0.240 e. The summed E-state index contributed by atoms with van der Waals surface area (Å²) in [5.74, 6) is 1.71. The van der Waals surface area contributed by atoms with Gasteiger partial charge in [0.05, 0.1) is 6.54 Å². The van der Waals surface area contributed by atoms with Gasteiger partial charge in [-0.25, -0.2) is 0 Å². The van der Waals surface area contributed by atoms with Gasteiger partial charge in [0.2, 0.25) is 5.89 Å². The molecule has 1 N–H and O–H groups in total. The van der Waals surface area contributed by atoms with Gasteiger partial charge in [-0.15, -0.1) is 0 Å². The summed E-state index contributed by atoms with van der Waals surface area (Å²) < 4.78 is 10.6. The summed E-state index contributed by atoms with van der Waals surface area (Å²) in [7, 11) is 1.84. The first-order valence-electron chi connectivity index (χ1n) is 5.22. The van der Waals surface area contributed by atoms with E-state index in [-0.39, 0.29) is 6.10 Å². The van der Waals surface area contributed by atoms with E-state index in [0.29, 0.717) is 30.8 Å². The average Bonchev–Trinajstić information content (AvgIpc) is 2.63. The fraction of sp³-hybridized carbons (Fsp3) is 0.800. The van der Waals surface area contributed by atoms with Gasteiger partial charge >= 0.3 is 0 Å². The number of hydrogen-bond donors (Lipinski definition) is 1. The van der Waals surface area contributed by atoms with Gasteiger partial charge in [-0.3, -0.25) is 0 Å². The first kappa shape index (κ1) is 12.1. The minimum atomic E-state index is -0.109. The van der Waals surface area contributed by atoms with Gasteiger partial charge in [0.25, 0.3) is 0 Å². The molecule has 0 aliphatic rings. The van der Waals surface area contributed by atoms with Gasteiger partial charge in [-0.2, -0.15) is 4.98 Å². The summed E-state index contributed by atoms with van der Waals surface area (Å²) in [5, 5.41) is 6.81. The quantitative estimate of drug-likeness (QED) is 0.776. The van der Waals surface area contributed by atoms with Crippen LogP contribution in [0.3, 0.4) is 0 Å². The lowest BCUT2D eigenvalue weighted by atomic mass is 10.2. The van der Waals surface area contributed by atoms with Crippen molar-refractivity contribution in [1.82, 2.24) is 15.5 Å². The van der Waals surface area contributed by atoms with E-state index in [1.807, 2.05) is 14.0 Å². The molecule has 0 radical (unpaired) electrons. The van der Waals surface area contributed by atoms with E-state index in [2.05, 4.69) is 29.3 Å². The van der Waals surface area contributed by atoms with Crippen molar-refractivity contribution >= 4 is 0 Å². The summed E-state index contributed by atoms with van der Waals surface area (Å²) in [6.07, 6.45) is -0.109. The first-order valence-corrected chi connectivity index (χ1v) is 5.22. The summed E-state index contributed by atoms with van der Waals surface area (Å²) in [6.45, 7) is 7.43. The van der Waals surface area contributed by atoms with Gasteiger partial charge in [0.1, 0.15) is 6.10 Å². The molecule has 0 amide bonds. The second-order valence-corrected chi connectivity index (χ2v) is 3.95. The van der Waals surface area contributed by atoms with Gasteiger partial charge in [0, 0.05) is 6.61 Å². The first-order chi connectivity index (χ1) is 7.13. The Morgan fingerprint density at radius 3 is 2.73 bits per heavy atom. The lowest BCUT2D eigenvalue weighted by Crippen LogP contribution is -2.08. The molecule has 0 aromatic carbocycles. The van der Waals surface area contributed by atoms with Crippen molar-refractivity contribution in [2.75, 3.05) is 13.7 Å². The van der Waals surface area contributed by atoms with Gasteiger partial charge in [-0.05, 0) is 19.9 Å². The molecule has 86 valence electrons. The summed E-state index contributed by atoms with van der Waals surface area (Å²) in [5.41, 5.74) is 0. The van der Waals surface area contributed by atoms with Gasteiger partial charge < -0.3 is 14.6 Å². The zero-order valence-electron chi connectivity index (χ0n) is 9.78. The Hall–Kier alpha value is -0.940. The molecule has 1 atom stereocenters. The monoisotopic (exact) mass is 213 g/mol. The van der Waals surface area contributed by atoms with E-state index in [0.717, 1.165) is 0 Å². The van der Waals surface area contributed by atoms with E-state index < -0.39 is 0 Å². The molecule has 1 aromatic heterocycles. The van der Waals surface area contributed by atoms with Crippen LogP contribution in [0.4, 0.5) is 0 Å². The predicted octanol–water partition coefficient (Wildman–Crippen LogP) is 1.52. The number of nitrogens with one attached hydrogen (secondary N) is 1. The number of nitrogens with zero attached hydrogens (tertiary/aromatic N) is 2. The Labute approximate surface area is 90.2 Å². The van der Waals surface area contributed by atoms with Crippen LogP contribution in [0, 0.1) is 5.92 Å². The maximum absolute atomic E-state index is 5.58. The van der Waals surface area contributed by atoms with Crippen LogP contribution in [0.1, 0.15) is 38.6 Å². The Morgan fingerprint density at radius 1 is 1.40 bits per heavy atom. The Bertz CT molecular complexity index is 286. The molecular weight excluding hydrogens is 194 g/mol. The maximum atomic E-state index is 5.58. The molecule has 0 spiro atoms. The third-order valence-corrected chi connectivity index (χ3v) is 1.85. The molecule has 0 aliphatic heterocycles.